The molecular weight excluding hydrogens is 381 g/mol. The topological polar surface area (TPSA) is 56.5 Å². The molecule has 0 atom stereocenters. The summed E-state index contributed by atoms with van der Waals surface area (Å²) in [5, 5.41) is 9.46. The Morgan fingerprint density at radius 1 is 1.04 bits per heavy atom. The summed E-state index contributed by atoms with van der Waals surface area (Å²) < 4.78 is 20.5. The third kappa shape index (κ3) is 4.06. The maximum atomic E-state index is 13.3. The van der Waals surface area contributed by atoms with E-state index in [2.05, 4.69) is 31.7 Å². The summed E-state index contributed by atoms with van der Waals surface area (Å²) in [6, 6.07) is 16.4. The lowest BCUT2D eigenvalue weighted by Gasteiger charge is -2.10. The van der Waals surface area contributed by atoms with Gasteiger partial charge in [-0.25, -0.2) is 9.37 Å². The van der Waals surface area contributed by atoms with Crippen molar-refractivity contribution in [3.8, 4) is 11.4 Å². The molecule has 5 nitrogen and oxygen atoms in total. The normalized spacial score (nSPS) is 11.0. The summed E-state index contributed by atoms with van der Waals surface area (Å²) in [6.45, 7) is 2.64. The van der Waals surface area contributed by atoms with Gasteiger partial charge < -0.3 is 0 Å². The minimum Gasteiger partial charge on any atom is -0.297 e. The van der Waals surface area contributed by atoms with Gasteiger partial charge in [0.1, 0.15) is 11.6 Å². The molecule has 0 aliphatic carbocycles. The maximum absolute atomic E-state index is 13.3. The second-order valence-corrected chi connectivity index (χ2v) is 7.78. The average Bonchev–Trinajstić information content (AvgIpc) is 3.31. The Kier molecular flexibility index (Phi) is 5.26. The van der Waals surface area contributed by atoms with Crippen LogP contribution in [0.1, 0.15) is 18.3 Å². The molecule has 136 valence electrons. The van der Waals surface area contributed by atoms with E-state index in [0.717, 1.165) is 32.9 Å². The van der Waals surface area contributed by atoms with E-state index in [0.29, 0.717) is 12.4 Å². The summed E-state index contributed by atoms with van der Waals surface area (Å²) in [7, 11) is 0. The van der Waals surface area contributed by atoms with Crippen LogP contribution in [0.15, 0.2) is 64.1 Å². The fraction of sp³-hybridized carbons (Fsp3) is 0.158. The second kappa shape index (κ2) is 7.98. The van der Waals surface area contributed by atoms with Crippen LogP contribution < -0.4 is 0 Å². The van der Waals surface area contributed by atoms with Crippen molar-refractivity contribution < 1.29 is 4.39 Å². The van der Waals surface area contributed by atoms with Crippen molar-refractivity contribution in [2.75, 3.05) is 0 Å². The standard InChI is InChI=1S/C19H16FN5S2/c1-2-16-21-19(27-24-16)26-18-23-22-17(14-8-10-15(20)11-9-14)25(18)12-13-6-4-3-5-7-13/h3-11H,2,12H2,1H3. The molecule has 0 saturated heterocycles. The molecule has 8 heteroatoms. The molecule has 2 aromatic heterocycles. The maximum Gasteiger partial charge on any atom is 0.198 e. The van der Waals surface area contributed by atoms with E-state index >= 15 is 0 Å². The Balaban J connectivity index is 1.72. The third-order valence-electron chi connectivity index (χ3n) is 3.95. The van der Waals surface area contributed by atoms with Crippen LogP contribution in [-0.2, 0) is 13.0 Å². The molecule has 4 rings (SSSR count). The van der Waals surface area contributed by atoms with E-state index < -0.39 is 0 Å². The van der Waals surface area contributed by atoms with Gasteiger partial charge in [-0.15, -0.1) is 10.2 Å². The molecule has 2 heterocycles. The summed E-state index contributed by atoms with van der Waals surface area (Å²) in [4.78, 5) is 4.51. The summed E-state index contributed by atoms with van der Waals surface area (Å²) in [5.41, 5.74) is 1.95. The number of rotatable bonds is 6. The third-order valence-corrected chi connectivity index (χ3v) is 5.72. The monoisotopic (exact) mass is 397 g/mol. The van der Waals surface area contributed by atoms with Gasteiger partial charge in [-0.3, -0.25) is 4.57 Å². The van der Waals surface area contributed by atoms with Crippen molar-refractivity contribution in [2.24, 2.45) is 0 Å². The first-order valence-electron chi connectivity index (χ1n) is 8.46. The Labute approximate surface area is 164 Å². The van der Waals surface area contributed by atoms with Crippen LogP contribution in [0.2, 0.25) is 0 Å². The molecule has 0 unspecified atom stereocenters. The van der Waals surface area contributed by atoms with Gasteiger partial charge in [0.15, 0.2) is 15.3 Å². The van der Waals surface area contributed by atoms with Gasteiger partial charge in [0, 0.05) is 12.0 Å². The van der Waals surface area contributed by atoms with E-state index in [9.17, 15) is 4.39 Å². The summed E-state index contributed by atoms with van der Waals surface area (Å²) in [5.74, 6) is 1.25. The Morgan fingerprint density at radius 3 is 2.52 bits per heavy atom. The molecule has 4 aromatic rings. The first-order chi connectivity index (χ1) is 13.2. The molecule has 0 amide bonds. The van der Waals surface area contributed by atoms with Crippen molar-refractivity contribution in [2.45, 2.75) is 29.4 Å². The highest BCUT2D eigenvalue weighted by Gasteiger charge is 2.17. The largest absolute Gasteiger partial charge is 0.297 e. The number of halogens is 1. The van der Waals surface area contributed by atoms with Crippen molar-refractivity contribution in [1.82, 2.24) is 24.1 Å². The Hall–Kier alpha value is -2.58. The predicted octanol–water partition coefficient (Wildman–Crippen LogP) is 4.70. The van der Waals surface area contributed by atoms with Gasteiger partial charge in [-0.05, 0) is 53.1 Å². The molecule has 0 aliphatic rings. The highest BCUT2D eigenvalue weighted by Crippen LogP contribution is 2.31. The van der Waals surface area contributed by atoms with Gasteiger partial charge in [0.05, 0.1) is 6.54 Å². The van der Waals surface area contributed by atoms with E-state index in [4.69, 9.17) is 0 Å². The quantitative estimate of drug-likeness (QED) is 0.472. The van der Waals surface area contributed by atoms with E-state index in [1.165, 1.54) is 35.4 Å². The first kappa shape index (κ1) is 17.8. The lowest BCUT2D eigenvalue weighted by Crippen LogP contribution is -2.04. The number of aryl methyl sites for hydroxylation is 1. The molecule has 0 N–H and O–H groups in total. The van der Waals surface area contributed by atoms with E-state index in [1.807, 2.05) is 29.7 Å². The first-order valence-corrected chi connectivity index (χ1v) is 10.1. The van der Waals surface area contributed by atoms with Crippen LogP contribution >= 0.6 is 23.3 Å². The molecule has 0 spiro atoms. The van der Waals surface area contributed by atoms with Crippen LogP contribution in [0.3, 0.4) is 0 Å². The highest BCUT2D eigenvalue weighted by atomic mass is 32.2. The second-order valence-electron chi connectivity index (χ2n) is 5.82. The van der Waals surface area contributed by atoms with E-state index in [-0.39, 0.29) is 5.82 Å². The summed E-state index contributed by atoms with van der Waals surface area (Å²) in [6.07, 6.45) is 0.800. The van der Waals surface area contributed by atoms with Crippen molar-refractivity contribution in [3.63, 3.8) is 0 Å². The molecule has 0 aliphatic heterocycles. The fourth-order valence-electron chi connectivity index (χ4n) is 2.59. The van der Waals surface area contributed by atoms with E-state index in [1.54, 1.807) is 12.1 Å². The van der Waals surface area contributed by atoms with Gasteiger partial charge >= 0.3 is 0 Å². The molecular formula is C19H16FN5S2. The zero-order valence-electron chi connectivity index (χ0n) is 14.5. The lowest BCUT2D eigenvalue weighted by atomic mass is 10.2. The lowest BCUT2D eigenvalue weighted by molar-refractivity contribution is 0.628. The van der Waals surface area contributed by atoms with Gasteiger partial charge in [0.2, 0.25) is 0 Å². The zero-order chi connectivity index (χ0) is 18.6. The SMILES string of the molecule is CCc1nsc(Sc2nnc(-c3ccc(F)cc3)n2Cc2ccccc2)n1. The predicted molar refractivity (Wildman–Crippen MR) is 104 cm³/mol. The van der Waals surface area contributed by atoms with Crippen LogP contribution in [0.5, 0.6) is 0 Å². The average molecular weight is 398 g/mol. The van der Waals surface area contributed by atoms with Crippen LogP contribution in [0.25, 0.3) is 11.4 Å². The molecule has 0 bridgehead atoms. The minimum atomic E-state index is -0.275. The Morgan fingerprint density at radius 2 is 1.81 bits per heavy atom. The van der Waals surface area contributed by atoms with Gasteiger partial charge in [-0.2, -0.15) is 4.37 Å². The highest BCUT2D eigenvalue weighted by molar-refractivity contribution is 8.00. The number of benzene rings is 2. The molecule has 0 radical (unpaired) electrons. The van der Waals surface area contributed by atoms with Gasteiger partial charge in [0.25, 0.3) is 0 Å². The van der Waals surface area contributed by atoms with Gasteiger partial charge in [-0.1, -0.05) is 37.3 Å². The number of hydrogen-bond acceptors (Lipinski definition) is 6. The van der Waals surface area contributed by atoms with Crippen molar-refractivity contribution in [3.05, 3.63) is 71.8 Å². The minimum absolute atomic E-state index is 0.275. The van der Waals surface area contributed by atoms with Crippen molar-refractivity contribution >= 4 is 23.3 Å². The smallest absolute Gasteiger partial charge is 0.198 e. The molecule has 0 fully saturated rings. The molecule has 27 heavy (non-hydrogen) atoms. The van der Waals surface area contributed by atoms with Crippen LogP contribution in [-0.4, -0.2) is 24.1 Å². The van der Waals surface area contributed by atoms with Crippen LogP contribution in [0, 0.1) is 5.82 Å². The molecule has 0 saturated carbocycles. The fourth-order valence-corrected chi connectivity index (χ4v) is 4.22. The molecule has 2 aromatic carbocycles. The number of hydrogen-bond donors (Lipinski definition) is 0. The van der Waals surface area contributed by atoms with Crippen molar-refractivity contribution in [1.29, 1.82) is 0 Å². The van der Waals surface area contributed by atoms with Crippen LogP contribution in [0.4, 0.5) is 4.39 Å². The summed E-state index contributed by atoms with van der Waals surface area (Å²) >= 11 is 2.81. The Bertz CT molecular complexity index is 1030. The number of aromatic nitrogens is 5. The number of nitrogens with zero attached hydrogens (tertiary/aromatic N) is 5. The zero-order valence-corrected chi connectivity index (χ0v) is 16.2.